The summed E-state index contributed by atoms with van der Waals surface area (Å²) in [6.45, 7) is 0.803. The quantitative estimate of drug-likeness (QED) is 0.725. The third kappa shape index (κ3) is 2.16. The Labute approximate surface area is 117 Å². The topological polar surface area (TPSA) is 59.4 Å². The molecule has 0 bridgehead atoms. The van der Waals surface area contributed by atoms with Gasteiger partial charge < -0.3 is 4.57 Å². The van der Waals surface area contributed by atoms with Gasteiger partial charge in [-0.05, 0) is 18.2 Å². The highest BCUT2D eigenvalue weighted by atomic mass is 15.3. The second kappa shape index (κ2) is 5.17. The molecule has 0 atom stereocenters. The van der Waals surface area contributed by atoms with Crippen molar-refractivity contribution in [3.63, 3.8) is 0 Å². The van der Waals surface area contributed by atoms with E-state index in [-0.39, 0.29) is 0 Å². The lowest BCUT2D eigenvalue weighted by molar-refractivity contribution is 0.631. The van der Waals surface area contributed by atoms with Crippen LogP contribution in [-0.2, 0) is 26.4 Å². The highest BCUT2D eigenvalue weighted by Gasteiger charge is 2.10. The number of hydrogen-bond acceptors (Lipinski definition) is 3. The Balaban J connectivity index is 1.95. The molecule has 0 saturated heterocycles. The lowest BCUT2D eigenvalue weighted by atomic mass is 10.2. The van der Waals surface area contributed by atoms with Crippen LogP contribution in [0.1, 0.15) is 11.5 Å². The Morgan fingerprint density at radius 3 is 2.85 bits per heavy atom. The first-order chi connectivity index (χ1) is 9.79. The molecule has 5 heteroatoms. The first-order valence-electron chi connectivity index (χ1n) is 6.57. The average Bonchev–Trinajstić information content (AvgIpc) is 3.01. The predicted octanol–water partition coefficient (Wildman–Crippen LogP) is 2.08. The zero-order valence-corrected chi connectivity index (χ0v) is 11.3. The summed E-state index contributed by atoms with van der Waals surface area (Å²) in [6, 6.07) is 12.2. The zero-order chi connectivity index (χ0) is 13.9. The molecule has 0 aliphatic rings. The largest absolute Gasteiger partial charge is 0.327 e. The molecule has 0 aliphatic heterocycles. The molecule has 100 valence electrons. The van der Waals surface area contributed by atoms with Crippen LogP contribution in [0.4, 0.5) is 0 Å². The number of nitriles is 1. The lowest BCUT2D eigenvalue weighted by Crippen LogP contribution is -2.08. The smallest absolute Gasteiger partial charge is 0.124 e. The van der Waals surface area contributed by atoms with Crippen LogP contribution < -0.4 is 0 Å². The van der Waals surface area contributed by atoms with E-state index in [0.29, 0.717) is 6.42 Å². The molecule has 0 radical (unpaired) electrons. The van der Waals surface area contributed by atoms with Gasteiger partial charge in [0.05, 0.1) is 23.5 Å². The molecule has 0 unspecified atom stereocenters. The number of para-hydroxylation sites is 2. The maximum absolute atomic E-state index is 8.95. The molecule has 5 nitrogen and oxygen atoms in total. The molecule has 2 aromatic heterocycles. The molecule has 0 aliphatic carbocycles. The zero-order valence-electron chi connectivity index (χ0n) is 11.3. The second-order valence-corrected chi connectivity index (χ2v) is 4.70. The highest BCUT2D eigenvalue weighted by Crippen LogP contribution is 2.17. The van der Waals surface area contributed by atoms with E-state index in [2.05, 4.69) is 20.7 Å². The van der Waals surface area contributed by atoms with E-state index in [9.17, 15) is 0 Å². The van der Waals surface area contributed by atoms with E-state index >= 15 is 0 Å². The molecule has 0 spiro atoms. The molecule has 3 aromatic rings. The van der Waals surface area contributed by atoms with Crippen LogP contribution in [0.3, 0.4) is 0 Å². The number of fused-ring (bicyclic) bond motifs is 1. The summed E-state index contributed by atoms with van der Waals surface area (Å²) in [5.74, 6) is 0.830. The molecule has 3 rings (SSSR count). The van der Waals surface area contributed by atoms with E-state index in [1.807, 2.05) is 42.1 Å². The average molecular weight is 265 g/mol. The van der Waals surface area contributed by atoms with Gasteiger partial charge in [0.15, 0.2) is 0 Å². The third-order valence-electron chi connectivity index (χ3n) is 3.48. The standard InChI is InChI=1S/C15H15N5/c1-19-12(7-10-17-19)8-11-20-14-5-3-2-4-13(14)18-15(20)6-9-16/h2-5,7,10H,6,8,11H2,1H3. The van der Waals surface area contributed by atoms with Gasteiger partial charge in [0.2, 0.25) is 0 Å². The molecule has 0 saturated carbocycles. The number of aromatic nitrogens is 4. The van der Waals surface area contributed by atoms with Crippen molar-refractivity contribution in [3.05, 3.63) is 48.0 Å². The first-order valence-corrected chi connectivity index (χ1v) is 6.57. The summed E-state index contributed by atoms with van der Waals surface area (Å²) in [7, 11) is 1.94. The van der Waals surface area contributed by atoms with Gasteiger partial charge in [-0.3, -0.25) is 4.68 Å². The van der Waals surface area contributed by atoms with Crippen molar-refractivity contribution < 1.29 is 0 Å². The monoisotopic (exact) mass is 265 g/mol. The fourth-order valence-corrected chi connectivity index (χ4v) is 2.45. The van der Waals surface area contributed by atoms with Crippen LogP contribution in [0.25, 0.3) is 11.0 Å². The van der Waals surface area contributed by atoms with Crippen LogP contribution in [0.2, 0.25) is 0 Å². The Morgan fingerprint density at radius 2 is 2.10 bits per heavy atom. The number of aryl methyl sites for hydroxylation is 3. The predicted molar refractivity (Wildman–Crippen MR) is 76.0 cm³/mol. The molecule has 0 fully saturated rings. The van der Waals surface area contributed by atoms with Crippen LogP contribution in [0, 0.1) is 11.3 Å². The highest BCUT2D eigenvalue weighted by molar-refractivity contribution is 5.75. The molecule has 20 heavy (non-hydrogen) atoms. The SMILES string of the molecule is Cn1nccc1CCn1c(CC#N)nc2ccccc21. The first kappa shape index (κ1) is 12.4. The molecule has 1 aromatic carbocycles. The fraction of sp³-hybridized carbons (Fsp3) is 0.267. The van der Waals surface area contributed by atoms with E-state index < -0.39 is 0 Å². The summed E-state index contributed by atoms with van der Waals surface area (Å²) in [5.41, 5.74) is 3.20. The van der Waals surface area contributed by atoms with Gasteiger partial charge in [0.1, 0.15) is 5.82 Å². The lowest BCUT2D eigenvalue weighted by Gasteiger charge is -2.07. The molecule has 0 amide bonds. The van der Waals surface area contributed by atoms with Gasteiger partial charge >= 0.3 is 0 Å². The Morgan fingerprint density at radius 1 is 1.25 bits per heavy atom. The minimum Gasteiger partial charge on any atom is -0.327 e. The van der Waals surface area contributed by atoms with Crippen LogP contribution in [0.5, 0.6) is 0 Å². The van der Waals surface area contributed by atoms with Crippen molar-refractivity contribution in [2.24, 2.45) is 7.05 Å². The van der Waals surface area contributed by atoms with Crippen molar-refractivity contribution in [1.29, 1.82) is 5.26 Å². The van der Waals surface area contributed by atoms with Crippen LogP contribution in [0.15, 0.2) is 36.5 Å². The number of rotatable bonds is 4. The van der Waals surface area contributed by atoms with Gasteiger partial charge in [-0.25, -0.2) is 4.98 Å². The number of benzene rings is 1. The number of imidazole rings is 1. The fourth-order valence-electron chi connectivity index (χ4n) is 2.45. The Kier molecular flexibility index (Phi) is 3.21. The van der Waals surface area contributed by atoms with Gasteiger partial charge in [-0.15, -0.1) is 0 Å². The van der Waals surface area contributed by atoms with Crippen molar-refractivity contribution in [3.8, 4) is 6.07 Å². The molecular weight excluding hydrogens is 250 g/mol. The Hall–Kier alpha value is -2.61. The van der Waals surface area contributed by atoms with E-state index in [4.69, 9.17) is 5.26 Å². The van der Waals surface area contributed by atoms with E-state index in [1.165, 1.54) is 5.69 Å². The molecule has 0 N–H and O–H groups in total. The second-order valence-electron chi connectivity index (χ2n) is 4.70. The van der Waals surface area contributed by atoms with Crippen molar-refractivity contribution >= 4 is 11.0 Å². The normalized spacial score (nSPS) is 10.8. The third-order valence-corrected chi connectivity index (χ3v) is 3.48. The summed E-state index contributed by atoms with van der Waals surface area (Å²) in [6.07, 6.45) is 3.01. The molecular formula is C15H15N5. The van der Waals surface area contributed by atoms with Crippen LogP contribution >= 0.6 is 0 Å². The minimum atomic E-state index is 0.333. The van der Waals surface area contributed by atoms with Crippen molar-refractivity contribution in [1.82, 2.24) is 19.3 Å². The number of nitrogens with zero attached hydrogens (tertiary/aromatic N) is 5. The molecule has 2 heterocycles. The minimum absolute atomic E-state index is 0.333. The van der Waals surface area contributed by atoms with Gasteiger partial charge in [-0.1, -0.05) is 12.1 Å². The number of hydrogen-bond donors (Lipinski definition) is 0. The summed E-state index contributed by atoms with van der Waals surface area (Å²) in [5, 5.41) is 13.1. The summed E-state index contributed by atoms with van der Waals surface area (Å²) in [4.78, 5) is 4.54. The van der Waals surface area contributed by atoms with Gasteiger partial charge in [0.25, 0.3) is 0 Å². The Bertz CT molecular complexity index is 775. The van der Waals surface area contributed by atoms with Crippen LogP contribution in [-0.4, -0.2) is 19.3 Å². The van der Waals surface area contributed by atoms with Gasteiger partial charge in [-0.2, -0.15) is 10.4 Å². The summed E-state index contributed by atoms with van der Waals surface area (Å²) < 4.78 is 4.01. The maximum Gasteiger partial charge on any atom is 0.124 e. The van der Waals surface area contributed by atoms with Gasteiger partial charge in [0, 0.05) is 31.9 Å². The van der Waals surface area contributed by atoms with Crippen molar-refractivity contribution in [2.75, 3.05) is 0 Å². The van der Waals surface area contributed by atoms with Crippen molar-refractivity contribution in [2.45, 2.75) is 19.4 Å². The summed E-state index contributed by atoms with van der Waals surface area (Å²) >= 11 is 0. The van der Waals surface area contributed by atoms with E-state index in [1.54, 1.807) is 6.20 Å². The maximum atomic E-state index is 8.95. The van der Waals surface area contributed by atoms with E-state index in [0.717, 1.165) is 29.8 Å².